The van der Waals surface area contributed by atoms with Crippen LogP contribution in [-0.2, 0) is 6.54 Å². The molecule has 3 aromatic rings. The van der Waals surface area contributed by atoms with Crippen molar-refractivity contribution in [3.8, 4) is 11.1 Å². The van der Waals surface area contributed by atoms with Crippen LogP contribution in [-0.4, -0.2) is 19.3 Å². The molecule has 6 heteroatoms. The SMILES string of the molecule is c1ccc(-c2cnc(CNc3ncns3)nc2)cc1. The molecule has 3 rings (SSSR count). The van der Waals surface area contributed by atoms with Crippen molar-refractivity contribution in [3.05, 3.63) is 54.9 Å². The number of rotatable bonds is 4. The average molecular weight is 269 g/mol. The molecule has 19 heavy (non-hydrogen) atoms. The molecule has 0 aliphatic rings. The van der Waals surface area contributed by atoms with E-state index in [1.165, 1.54) is 17.9 Å². The van der Waals surface area contributed by atoms with Crippen molar-refractivity contribution in [1.29, 1.82) is 0 Å². The van der Waals surface area contributed by atoms with Crippen LogP contribution in [0.15, 0.2) is 49.1 Å². The molecule has 0 amide bonds. The third kappa shape index (κ3) is 2.92. The van der Waals surface area contributed by atoms with Gasteiger partial charge in [0.15, 0.2) is 0 Å². The third-order valence-corrected chi connectivity index (χ3v) is 3.19. The average Bonchev–Trinajstić information content (AvgIpc) is 3.00. The maximum absolute atomic E-state index is 4.34. The molecule has 0 bridgehead atoms. The monoisotopic (exact) mass is 269 g/mol. The van der Waals surface area contributed by atoms with Crippen LogP contribution in [0.5, 0.6) is 0 Å². The van der Waals surface area contributed by atoms with Gasteiger partial charge in [-0.1, -0.05) is 30.3 Å². The Labute approximate surface area is 114 Å². The van der Waals surface area contributed by atoms with E-state index in [1.54, 1.807) is 0 Å². The van der Waals surface area contributed by atoms with Crippen molar-refractivity contribution in [2.45, 2.75) is 6.54 Å². The maximum Gasteiger partial charge on any atom is 0.202 e. The number of benzene rings is 1. The van der Waals surface area contributed by atoms with Crippen molar-refractivity contribution < 1.29 is 0 Å². The van der Waals surface area contributed by atoms with Gasteiger partial charge in [-0.05, 0) is 5.56 Å². The molecule has 2 heterocycles. The van der Waals surface area contributed by atoms with Crippen LogP contribution in [0.2, 0.25) is 0 Å². The van der Waals surface area contributed by atoms with Gasteiger partial charge in [-0.15, -0.1) is 0 Å². The molecular formula is C13H11N5S. The van der Waals surface area contributed by atoms with Crippen molar-refractivity contribution in [1.82, 2.24) is 19.3 Å². The molecule has 0 saturated heterocycles. The summed E-state index contributed by atoms with van der Waals surface area (Å²) in [5.41, 5.74) is 2.13. The first-order valence-electron chi connectivity index (χ1n) is 5.79. The van der Waals surface area contributed by atoms with Crippen LogP contribution in [0.4, 0.5) is 5.13 Å². The highest BCUT2D eigenvalue weighted by atomic mass is 32.1. The van der Waals surface area contributed by atoms with Gasteiger partial charge in [-0.2, -0.15) is 4.37 Å². The van der Waals surface area contributed by atoms with E-state index in [-0.39, 0.29) is 0 Å². The van der Waals surface area contributed by atoms with Crippen molar-refractivity contribution in [2.75, 3.05) is 5.32 Å². The number of anilines is 1. The van der Waals surface area contributed by atoms with Crippen molar-refractivity contribution in [3.63, 3.8) is 0 Å². The minimum Gasteiger partial charge on any atom is -0.353 e. The van der Waals surface area contributed by atoms with Crippen LogP contribution in [0.1, 0.15) is 5.82 Å². The summed E-state index contributed by atoms with van der Waals surface area (Å²) in [6.45, 7) is 0.546. The lowest BCUT2D eigenvalue weighted by molar-refractivity contribution is 0.947. The van der Waals surface area contributed by atoms with E-state index in [1.807, 2.05) is 42.7 Å². The van der Waals surface area contributed by atoms with Gasteiger partial charge in [0.1, 0.15) is 12.2 Å². The number of hydrogen-bond donors (Lipinski definition) is 1. The fraction of sp³-hybridized carbons (Fsp3) is 0.0769. The summed E-state index contributed by atoms with van der Waals surface area (Å²) in [5.74, 6) is 0.731. The molecule has 0 aliphatic heterocycles. The number of nitrogens with zero attached hydrogens (tertiary/aromatic N) is 4. The lowest BCUT2D eigenvalue weighted by Crippen LogP contribution is -2.03. The molecule has 0 saturated carbocycles. The van der Waals surface area contributed by atoms with Gasteiger partial charge in [-0.25, -0.2) is 15.0 Å². The van der Waals surface area contributed by atoms with Crippen molar-refractivity contribution in [2.24, 2.45) is 0 Å². The normalized spacial score (nSPS) is 10.3. The maximum atomic E-state index is 4.34. The second-order valence-electron chi connectivity index (χ2n) is 3.85. The van der Waals surface area contributed by atoms with Gasteiger partial charge in [-0.3, -0.25) is 0 Å². The molecule has 0 radical (unpaired) electrons. The van der Waals surface area contributed by atoms with Gasteiger partial charge < -0.3 is 5.32 Å². The highest BCUT2D eigenvalue weighted by molar-refractivity contribution is 7.09. The molecule has 1 aromatic carbocycles. The molecule has 0 fully saturated rings. The van der Waals surface area contributed by atoms with E-state index in [4.69, 9.17) is 0 Å². The molecule has 0 unspecified atom stereocenters. The third-order valence-electron chi connectivity index (χ3n) is 2.57. The molecule has 5 nitrogen and oxygen atoms in total. The van der Waals surface area contributed by atoms with Gasteiger partial charge >= 0.3 is 0 Å². The minimum absolute atomic E-state index is 0.546. The summed E-state index contributed by atoms with van der Waals surface area (Å²) in [7, 11) is 0. The van der Waals surface area contributed by atoms with E-state index in [2.05, 4.69) is 24.6 Å². The second kappa shape index (κ2) is 5.53. The number of hydrogen-bond acceptors (Lipinski definition) is 6. The molecule has 94 valence electrons. The van der Waals surface area contributed by atoms with E-state index in [9.17, 15) is 0 Å². The number of nitrogens with one attached hydrogen (secondary N) is 1. The lowest BCUT2D eigenvalue weighted by Gasteiger charge is -2.03. The second-order valence-corrected chi connectivity index (χ2v) is 4.63. The molecular weight excluding hydrogens is 258 g/mol. The van der Waals surface area contributed by atoms with Gasteiger partial charge in [0, 0.05) is 29.5 Å². The highest BCUT2D eigenvalue weighted by Crippen LogP contribution is 2.16. The largest absolute Gasteiger partial charge is 0.353 e. The Balaban J connectivity index is 1.69. The molecule has 0 atom stereocenters. The summed E-state index contributed by atoms with van der Waals surface area (Å²) in [5, 5.41) is 3.89. The smallest absolute Gasteiger partial charge is 0.202 e. The Morgan fingerprint density at radius 3 is 2.42 bits per heavy atom. The van der Waals surface area contributed by atoms with Crippen LogP contribution >= 0.6 is 11.5 Å². The zero-order chi connectivity index (χ0) is 12.9. The van der Waals surface area contributed by atoms with Crippen molar-refractivity contribution >= 4 is 16.7 Å². The van der Waals surface area contributed by atoms with Crippen LogP contribution < -0.4 is 5.32 Å². The summed E-state index contributed by atoms with van der Waals surface area (Å²) >= 11 is 1.31. The van der Waals surface area contributed by atoms with Crippen LogP contribution in [0.25, 0.3) is 11.1 Å². The first kappa shape index (κ1) is 11.7. The predicted molar refractivity (Wildman–Crippen MR) is 74.7 cm³/mol. The summed E-state index contributed by atoms with van der Waals surface area (Å²) < 4.78 is 3.92. The Kier molecular flexibility index (Phi) is 3.42. The van der Waals surface area contributed by atoms with E-state index in [0.717, 1.165) is 22.1 Å². The number of aromatic nitrogens is 4. The van der Waals surface area contributed by atoms with E-state index in [0.29, 0.717) is 6.54 Å². The van der Waals surface area contributed by atoms with Crippen LogP contribution in [0, 0.1) is 0 Å². The molecule has 0 spiro atoms. The fourth-order valence-corrected chi connectivity index (χ4v) is 2.06. The van der Waals surface area contributed by atoms with E-state index < -0.39 is 0 Å². The first-order chi connectivity index (χ1) is 9.42. The minimum atomic E-state index is 0.546. The predicted octanol–water partition coefficient (Wildman–Crippen LogP) is 2.61. The lowest BCUT2D eigenvalue weighted by atomic mass is 10.1. The Bertz CT molecular complexity index is 622. The Morgan fingerprint density at radius 2 is 1.74 bits per heavy atom. The topological polar surface area (TPSA) is 63.6 Å². The molecule has 2 aromatic heterocycles. The van der Waals surface area contributed by atoms with Gasteiger partial charge in [0.05, 0.1) is 6.54 Å². The quantitative estimate of drug-likeness (QED) is 0.788. The summed E-state index contributed by atoms with van der Waals surface area (Å²) in [6.07, 6.45) is 5.19. The fourth-order valence-electron chi connectivity index (χ4n) is 1.63. The first-order valence-corrected chi connectivity index (χ1v) is 6.56. The zero-order valence-electron chi connectivity index (χ0n) is 10.0. The Hall–Kier alpha value is -2.34. The molecule has 0 aliphatic carbocycles. The highest BCUT2D eigenvalue weighted by Gasteiger charge is 2.01. The molecule has 1 N–H and O–H groups in total. The van der Waals surface area contributed by atoms with Gasteiger partial charge in [0.25, 0.3) is 0 Å². The zero-order valence-corrected chi connectivity index (χ0v) is 10.8. The van der Waals surface area contributed by atoms with Crippen LogP contribution in [0.3, 0.4) is 0 Å². The summed E-state index contributed by atoms with van der Waals surface area (Å²) in [4.78, 5) is 12.7. The standard InChI is InChI=1S/C13H11N5S/c1-2-4-10(5-3-1)11-6-14-12(15-7-11)8-16-13-17-9-18-19-13/h1-7,9H,8H2,(H,16,17,18). The summed E-state index contributed by atoms with van der Waals surface area (Å²) in [6, 6.07) is 10.1. The van der Waals surface area contributed by atoms with E-state index >= 15 is 0 Å². The Morgan fingerprint density at radius 1 is 0.947 bits per heavy atom. The van der Waals surface area contributed by atoms with Gasteiger partial charge in [0.2, 0.25) is 5.13 Å².